The molecule has 0 aliphatic heterocycles. The summed E-state index contributed by atoms with van der Waals surface area (Å²) in [5.74, 6) is 0. The Hall–Kier alpha value is -1.43. The van der Waals surface area contributed by atoms with E-state index >= 15 is 0 Å². The minimum atomic E-state index is -0.649. The standard InChI is InChI=1S/C9H9BrN2O3/c1-11-6-2-3-7(8(10)5-13)9(4-6)12(14)15/h2-5,8,11H,1H3. The molecule has 1 unspecified atom stereocenters. The zero-order valence-corrected chi connectivity index (χ0v) is 9.52. The lowest BCUT2D eigenvalue weighted by Gasteiger charge is -2.06. The summed E-state index contributed by atoms with van der Waals surface area (Å²) in [6, 6.07) is 4.63. The second kappa shape index (κ2) is 4.88. The van der Waals surface area contributed by atoms with E-state index in [2.05, 4.69) is 21.2 Å². The Balaban J connectivity index is 3.26. The van der Waals surface area contributed by atoms with E-state index in [1.807, 2.05) is 0 Å². The van der Waals surface area contributed by atoms with Crippen LogP contribution in [-0.4, -0.2) is 18.3 Å². The van der Waals surface area contributed by atoms with Crippen molar-refractivity contribution in [2.45, 2.75) is 4.83 Å². The van der Waals surface area contributed by atoms with E-state index in [0.717, 1.165) is 0 Å². The highest BCUT2D eigenvalue weighted by atomic mass is 79.9. The van der Waals surface area contributed by atoms with E-state index in [0.29, 0.717) is 17.5 Å². The number of aldehydes is 1. The van der Waals surface area contributed by atoms with E-state index in [1.165, 1.54) is 6.07 Å². The fourth-order valence-corrected chi connectivity index (χ4v) is 1.55. The molecule has 0 aliphatic rings. The first-order valence-corrected chi connectivity index (χ1v) is 5.07. The van der Waals surface area contributed by atoms with E-state index < -0.39 is 9.75 Å². The molecule has 0 amide bonds. The van der Waals surface area contributed by atoms with Crippen molar-refractivity contribution in [3.8, 4) is 0 Å². The van der Waals surface area contributed by atoms with Crippen molar-refractivity contribution in [1.29, 1.82) is 0 Å². The average molecular weight is 273 g/mol. The molecule has 0 spiro atoms. The minimum absolute atomic E-state index is 0.0733. The normalized spacial score (nSPS) is 11.9. The summed E-state index contributed by atoms with van der Waals surface area (Å²) in [7, 11) is 1.67. The highest BCUT2D eigenvalue weighted by Gasteiger charge is 2.19. The molecular weight excluding hydrogens is 264 g/mol. The molecule has 15 heavy (non-hydrogen) atoms. The first-order valence-electron chi connectivity index (χ1n) is 4.15. The van der Waals surface area contributed by atoms with Gasteiger partial charge in [0.25, 0.3) is 5.69 Å². The van der Waals surface area contributed by atoms with E-state index in [1.54, 1.807) is 19.2 Å². The molecule has 0 aromatic heterocycles. The Kier molecular flexibility index (Phi) is 3.79. The van der Waals surface area contributed by atoms with Gasteiger partial charge < -0.3 is 10.1 Å². The number of hydrogen-bond donors (Lipinski definition) is 1. The Morgan fingerprint density at radius 3 is 2.73 bits per heavy atom. The lowest BCUT2D eigenvalue weighted by atomic mass is 10.1. The van der Waals surface area contributed by atoms with Gasteiger partial charge in [-0.2, -0.15) is 0 Å². The topological polar surface area (TPSA) is 72.2 Å². The maximum Gasteiger partial charge on any atom is 0.276 e. The van der Waals surface area contributed by atoms with Crippen molar-refractivity contribution in [3.63, 3.8) is 0 Å². The summed E-state index contributed by atoms with van der Waals surface area (Å²) in [6.07, 6.45) is 0.612. The maximum absolute atomic E-state index is 10.8. The molecule has 0 bridgehead atoms. The predicted molar refractivity (Wildman–Crippen MR) is 60.4 cm³/mol. The van der Waals surface area contributed by atoms with Gasteiger partial charge in [-0.15, -0.1) is 0 Å². The molecule has 0 heterocycles. The Bertz CT molecular complexity index is 395. The van der Waals surface area contributed by atoms with Crippen LogP contribution in [0.5, 0.6) is 0 Å². The van der Waals surface area contributed by atoms with E-state index in [9.17, 15) is 14.9 Å². The van der Waals surface area contributed by atoms with Crippen LogP contribution < -0.4 is 5.32 Å². The number of nitrogens with zero attached hydrogens (tertiary/aromatic N) is 1. The fraction of sp³-hybridized carbons (Fsp3) is 0.222. The zero-order valence-electron chi connectivity index (χ0n) is 7.94. The molecule has 1 rings (SSSR count). The number of alkyl halides is 1. The van der Waals surface area contributed by atoms with Crippen LogP contribution in [0.3, 0.4) is 0 Å². The van der Waals surface area contributed by atoms with Crippen LogP contribution in [0.1, 0.15) is 10.4 Å². The number of nitro groups is 1. The Morgan fingerprint density at radius 2 is 2.27 bits per heavy atom. The number of benzene rings is 1. The number of halogens is 1. The van der Waals surface area contributed by atoms with Crippen LogP contribution in [0.2, 0.25) is 0 Å². The molecule has 80 valence electrons. The summed E-state index contributed by atoms with van der Waals surface area (Å²) in [4.78, 5) is 20.1. The third-order valence-electron chi connectivity index (χ3n) is 1.93. The molecule has 0 fully saturated rings. The number of anilines is 1. The third-order valence-corrected chi connectivity index (χ3v) is 2.64. The van der Waals surface area contributed by atoms with Crippen molar-refractivity contribution >= 4 is 33.6 Å². The first-order chi connectivity index (χ1) is 7.10. The van der Waals surface area contributed by atoms with Crippen molar-refractivity contribution in [2.24, 2.45) is 0 Å². The number of carbonyl (C=O) groups is 1. The highest BCUT2D eigenvalue weighted by Crippen LogP contribution is 2.31. The van der Waals surface area contributed by atoms with Gasteiger partial charge in [0, 0.05) is 18.8 Å². The quantitative estimate of drug-likeness (QED) is 0.395. The van der Waals surface area contributed by atoms with Crippen molar-refractivity contribution in [3.05, 3.63) is 33.9 Å². The number of carbonyl (C=O) groups excluding carboxylic acids is 1. The predicted octanol–water partition coefficient (Wildman–Crippen LogP) is 2.27. The molecule has 1 aromatic carbocycles. The van der Waals surface area contributed by atoms with Crippen LogP contribution in [0.25, 0.3) is 0 Å². The van der Waals surface area contributed by atoms with Gasteiger partial charge in [-0.3, -0.25) is 10.1 Å². The number of hydrogen-bond acceptors (Lipinski definition) is 4. The van der Waals surface area contributed by atoms with Gasteiger partial charge >= 0.3 is 0 Å². The molecule has 0 saturated carbocycles. The summed E-state index contributed by atoms with van der Waals surface area (Å²) >= 11 is 3.06. The van der Waals surface area contributed by atoms with Crippen LogP contribution in [0.4, 0.5) is 11.4 Å². The number of rotatable bonds is 4. The molecule has 5 nitrogen and oxygen atoms in total. The molecule has 0 aliphatic carbocycles. The second-order valence-electron chi connectivity index (χ2n) is 2.82. The number of nitro benzene ring substituents is 1. The SMILES string of the molecule is CNc1ccc(C(Br)C=O)c([N+](=O)[O-])c1. The lowest BCUT2D eigenvalue weighted by Crippen LogP contribution is -2.00. The molecule has 6 heteroatoms. The van der Waals surface area contributed by atoms with Crippen molar-refractivity contribution in [1.82, 2.24) is 0 Å². The van der Waals surface area contributed by atoms with E-state index in [-0.39, 0.29) is 5.69 Å². The first kappa shape index (κ1) is 11.6. The van der Waals surface area contributed by atoms with Gasteiger partial charge in [0.2, 0.25) is 0 Å². The van der Waals surface area contributed by atoms with Crippen molar-refractivity contribution < 1.29 is 9.72 Å². The molecule has 1 aromatic rings. The van der Waals surface area contributed by atoms with Gasteiger partial charge in [-0.25, -0.2) is 0 Å². The van der Waals surface area contributed by atoms with E-state index in [4.69, 9.17) is 0 Å². The largest absolute Gasteiger partial charge is 0.388 e. The van der Waals surface area contributed by atoms with Gasteiger partial charge in [-0.05, 0) is 12.1 Å². The van der Waals surface area contributed by atoms with Gasteiger partial charge in [0.05, 0.1) is 10.5 Å². The summed E-state index contributed by atoms with van der Waals surface area (Å²) in [5, 5.41) is 13.5. The van der Waals surface area contributed by atoms with Gasteiger partial charge in [0.15, 0.2) is 0 Å². The summed E-state index contributed by atoms with van der Waals surface area (Å²) < 4.78 is 0. The third kappa shape index (κ3) is 2.53. The minimum Gasteiger partial charge on any atom is -0.388 e. The second-order valence-corrected chi connectivity index (χ2v) is 3.81. The van der Waals surface area contributed by atoms with Crippen LogP contribution in [0.15, 0.2) is 18.2 Å². The molecule has 1 N–H and O–H groups in total. The zero-order chi connectivity index (χ0) is 11.4. The van der Waals surface area contributed by atoms with Gasteiger partial charge in [0.1, 0.15) is 11.1 Å². The molecular formula is C9H9BrN2O3. The summed E-state index contributed by atoms with van der Waals surface area (Å²) in [5.41, 5.74) is 0.917. The lowest BCUT2D eigenvalue weighted by molar-refractivity contribution is -0.385. The smallest absolute Gasteiger partial charge is 0.276 e. The Labute approximate surface area is 94.8 Å². The van der Waals surface area contributed by atoms with Crippen molar-refractivity contribution in [2.75, 3.05) is 12.4 Å². The average Bonchev–Trinajstić information content (AvgIpc) is 2.27. The van der Waals surface area contributed by atoms with Gasteiger partial charge in [-0.1, -0.05) is 15.9 Å². The van der Waals surface area contributed by atoms with Crippen LogP contribution in [-0.2, 0) is 4.79 Å². The number of nitrogens with one attached hydrogen (secondary N) is 1. The monoisotopic (exact) mass is 272 g/mol. The van der Waals surface area contributed by atoms with Crippen LogP contribution in [0, 0.1) is 10.1 Å². The molecule has 1 atom stereocenters. The Morgan fingerprint density at radius 1 is 1.60 bits per heavy atom. The van der Waals surface area contributed by atoms with Crippen LogP contribution >= 0.6 is 15.9 Å². The summed E-state index contributed by atoms with van der Waals surface area (Å²) in [6.45, 7) is 0. The molecule has 0 radical (unpaired) electrons. The fourth-order valence-electron chi connectivity index (χ4n) is 1.16. The molecule has 0 saturated heterocycles. The highest BCUT2D eigenvalue weighted by molar-refractivity contribution is 9.09. The maximum atomic E-state index is 10.8.